The fourth-order valence-corrected chi connectivity index (χ4v) is 2.33. The summed E-state index contributed by atoms with van der Waals surface area (Å²) in [7, 11) is 0. The van der Waals surface area contributed by atoms with E-state index in [1.165, 1.54) is 25.8 Å². The van der Waals surface area contributed by atoms with Gasteiger partial charge in [0.2, 0.25) is 0 Å². The highest BCUT2D eigenvalue weighted by molar-refractivity contribution is 4.90. The zero-order valence-electron chi connectivity index (χ0n) is 11.7. The zero-order chi connectivity index (χ0) is 12.3. The van der Waals surface area contributed by atoms with Crippen LogP contribution in [0, 0.1) is 5.92 Å². The Morgan fingerprint density at radius 3 is 2.47 bits per heavy atom. The summed E-state index contributed by atoms with van der Waals surface area (Å²) in [5, 5.41) is 3.28. The lowest BCUT2D eigenvalue weighted by molar-refractivity contribution is -0.0728. The van der Waals surface area contributed by atoms with E-state index >= 15 is 0 Å². The predicted molar refractivity (Wildman–Crippen MR) is 71.3 cm³/mol. The van der Waals surface area contributed by atoms with Crippen molar-refractivity contribution in [2.45, 2.75) is 51.7 Å². The summed E-state index contributed by atoms with van der Waals surface area (Å²) < 4.78 is 5.98. The fourth-order valence-electron chi connectivity index (χ4n) is 2.33. The maximum absolute atomic E-state index is 5.98. The van der Waals surface area contributed by atoms with Gasteiger partial charge in [0.25, 0.3) is 0 Å². The second kappa shape index (κ2) is 5.68. The summed E-state index contributed by atoms with van der Waals surface area (Å²) in [6, 6.07) is 0.865. The summed E-state index contributed by atoms with van der Waals surface area (Å²) in [5.41, 5.74) is 0.118. The lowest BCUT2D eigenvalue weighted by atomic mass is 10.0. The molecule has 2 aliphatic rings. The van der Waals surface area contributed by atoms with Crippen molar-refractivity contribution in [1.29, 1.82) is 0 Å². The zero-order valence-corrected chi connectivity index (χ0v) is 11.7. The lowest BCUT2D eigenvalue weighted by Gasteiger charge is -2.39. The molecule has 0 atom stereocenters. The van der Waals surface area contributed by atoms with E-state index in [9.17, 15) is 0 Å². The van der Waals surface area contributed by atoms with Gasteiger partial charge in [0.05, 0.1) is 12.2 Å². The van der Waals surface area contributed by atoms with E-state index < -0.39 is 0 Å². The minimum absolute atomic E-state index is 0.118. The SMILES string of the molecule is CC(C)CCN(CCOC1(C)CNC1)C1CC1. The molecule has 1 heterocycles. The number of nitrogens with one attached hydrogen (secondary N) is 1. The van der Waals surface area contributed by atoms with Crippen molar-refractivity contribution in [2.75, 3.05) is 32.8 Å². The standard InChI is InChI=1S/C14H28N2O/c1-12(2)6-7-16(13-4-5-13)8-9-17-14(3)10-15-11-14/h12-13,15H,4-11H2,1-3H3. The van der Waals surface area contributed by atoms with Crippen molar-refractivity contribution in [3.63, 3.8) is 0 Å². The molecule has 0 unspecified atom stereocenters. The molecule has 0 aromatic heterocycles. The fraction of sp³-hybridized carbons (Fsp3) is 1.00. The highest BCUT2D eigenvalue weighted by atomic mass is 16.5. The maximum Gasteiger partial charge on any atom is 0.0902 e. The average Bonchev–Trinajstić information content (AvgIpc) is 3.04. The third-order valence-corrected chi connectivity index (χ3v) is 3.88. The minimum Gasteiger partial charge on any atom is -0.371 e. The van der Waals surface area contributed by atoms with E-state index in [1.54, 1.807) is 0 Å². The Balaban J connectivity index is 1.63. The summed E-state index contributed by atoms with van der Waals surface area (Å²) in [6.07, 6.45) is 4.11. The van der Waals surface area contributed by atoms with Crippen LogP contribution in [0.15, 0.2) is 0 Å². The van der Waals surface area contributed by atoms with E-state index in [1.807, 2.05) is 0 Å². The van der Waals surface area contributed by atoms with Gasteiger partial charge in [-0.2, -0.15) is 0 Å². The maximum atomic E-state index is 5.98. The van der Waals surface area contributed by atoms with Gasteiger partial charge in [0, 0.05) is 25.7 Å². The molecule has 3 nitrogen and oxygen atoms in total. The summed E-state index contributed by atoms with van der Waals surface area (Å²) in [6.45, 7) is 12.1. The predicted octanol–water partition coefficient (Wildman–Crippen LogP) is 1.88. The Morgan fingerprint density at radius 1 is 1.29 bits per heavy atom. The Hall–Kier alpha value is -0.120. The van der Waals surface area contributed by atoms with Crippen LogP contribution < -0.4 is 5.32 Å². The third-order valence-electron chi connectivity index (χ3n) is 3.88. The molecule has 0 aromatic rings. The molecule has 0 spiro atoms. The second-order valence-corrected chi connectivity index (χ2v) is 6.35. The molecule has 2 fully saturated rings. The van der Waals surface area contributed by atoms with Gasteiger partial charge in [0.15, 0.2) is 0 Å². The molecule has 2 rings (SSSR count). The lowest BCUT2D eigenvalue weighted by Crippen LogP contribution is -2.59. The quantitative estimate of drug-likeness (QED) is 0.701. The van der Waals surface area contributed by atoms with Crippen LogP contribution >= 0.6 is 0 Å². The molecule has 1 aliphatic heterocycles. The molecule has 1 aliphatic carbocycles. The van der Waals surface area contributed by atoms with Gasteiger partial charge in [-0.25, -0.2) is 0 Å². The van der Waals surface area contributed by atoms with Gasteiger partial charge >= 0.3 is 0 Å². The molecule has 100 valence electrons. The Bertz CT molecular complexity index is 234. The van der Waals surface area contributed by atoms with E-state index in [2.05, 4.69) is 31.0 Å². The first kappa shape index (κ1) is 13.3. The van der Waals surface area contributed by atoms with Crippen LogP contribution in [0.3, 0.4) is 0 Å². The molecule has 0 bridgehead atoms. The molecule has 1 saturated carbocycles. The van der Waals surface area contributed by atoms with E-state index in [-0.39, 0.29) is 5.60 Å². The first-order chi connectivity index (χ1) is 8.09. The van der Waals surface area contributed by atoms with Gasteiger partial charge in [0.1, 0.15) is 0 Å². The minimum atomic E-state index is 0.118. The first-order valence-corrected chi connectivity index (χ1v) is 7.18. The topological polar surface area (TPSA) is 24.5 Å². The van der Waals surface area contributed by atoms with Crippen LogP contribution in [0.25, 0.3) is 0 Å². The summed E-state index contributed by atoms with van der Waals surface area (Å²) in [4.78, 5) is 2.63. The van der Waals surface area contributed by atoms with Crippen LogP contribution in [-0.2, 0) is 4.74 Å². The second-order valence-electron chi connectivity index (χ2n) is 6.35. The van der Waals surface area contributed by atoms with Crippen LogP contribution in [0.1, 0.15) is 40.0 Å². The molecule has 0 radical (unpaired) electrons. The summed E-state index contributed by atoms with van der Waals surface area (Å²) >= 11 is 0. The van der Waals surface area contributed by atoms with E-state index in [0.717, 1.165) is 38.2 Å². The van der Waals surface area contributed by atoms with Crippen molar-refractivity contribution in [2.24, 2.45) is 5.92 Å². The number of hydrogen-bond donors (Lipinski definition) is 1. The molecule has 17 heavy (non-hydrogen) atoms. The normalized spacial score (nSPS) is 23.1. The monoisotopic (exact) mass is 240 g/mol. The Labute approximate surface area is 106 Å². The van der Waals surface area contributed by atoms with Crippen molar-refractivity contribution < 1.29 is 4.74 Å². The van der Waals surface area contributed by atoms with Crippen molar-refractivity contribution in [3.05, 3.63) is 0 Å². The number of rotatable bonds is 8. The molecule has 1 saturated heterocycles. The van der Waals surface area contributed by atoms with Gasteiger partial charge in [-0.3, -0.25) is 4.90 Å². The first-order valence-electron chi connectivity index (χ1n) is 7.18. The number of ether oxygens (including phenoxy) is 1. The molecular weight excluding hydrogens is 212 g/mol. The van der Waals surface area contributed by atoms with Gasteiger partial charge < -0.3 is 10.1 Å². The third kappa shape index (κ3) is 4.23. The van der Waals surface area contributed by atoms with Crippen LogP contribution in [0.5, 0.6) is 0 Å². The Morgan fingerprint density at radius 2 is 2.00 bits per heavy atom. The van der Waals surface area contributed by atoms with E-state index in [0.29, 0.717) is 0 Å². The van der Waals surface area contributed by atoms with Gasteiger partial charge in [-0.1, -0.05) is 13.8 Å². The Kier molecular flexibility index (Phi) is 4.45. The molecular formula is C14H28N2O. The highest BCUT2D eigenvalue weighted by Gasteiger charge is 2.33. The molecule has 0 aromatic carbocycles. The van der Waals surface area contributed by atoms with Crippen molar-refractivity contribution >= 4 is 0 Å². The van der Waals surface area contributed by atoms with Crippen LogP contribution in [0.4, 0.5) is 0 Å². The van der Waals surface area contributed by atoms with Crippen molar-refractivity contribution in [1.82, 2.24) is 10.2 Å². The smallest absolute Gasteiger partial charge is 0.0902 e. The number of hydrogen-bond acceptors (Lipinski definition) is 3. The van der Waals surface area contributed by atoms with E-state index in [4.69, 9.17) is 4.74 Å². The summed E-state index contributed by atoms with van der Waals surface area (Å²) in [5.74, 6) is 0.811. The largest absolute Gasteiger partial charge is 0.371 e. The number of nitrogens with zero attached hydrogens (tertiary/aromatic N) is 1. The molecule has 1 N–H and O–H groups in total. The van der Waals surface area contributed by atoms with Crippen LogP contribution in [0.2, 0.25) is 0 Å². The van der Waals surface area contributed by atoms with Gasteiger partial charge in [-0.05, 0) is 38.6 Å². The van der Waals surface area contributed by atoms with Gasteiger partial charge in [-0.15, -0.1) is 0 Å². The molecule has 0 amide bonds. The van der Waals surface area contributed by atoms with Crippen LogP contribution in [-0.4, -0.2) is 49.3 Å². The average molecular weight is 240 g/mol. The highest BCUT2D eigenvalue weighted by Crippen LogP contribution is 2.27. The van der Waals surface area contributed by atoms with Crippen molar-refractivity contribution in [3.8, 4) is 0 Å². The molecule has 3 heteroatoms.